The topological polar surface area (TPSA) is 56.1 Å². The predicted molar refractivity (Wildman–Crippen MR) is 109 cm³/mol. The van der Waals surface area contributed by atoms with Gasteiger partial charge in [-0.1, -0.05) is 54.6 Å². The van der Waals surface area contributed by atoms with E-state index < -0.39 is 6.04 Å². The van der Waals surface area contributed by atoms with E-state index in [1.807, 2.05) is 84.5 Å². The van der Waals surface area contributed by atoms with Gasteiger partial charge in [0.15, 0.2) is 0 Å². The van der Waals surface area contributed by atoms with E-state index in [0.717, 1.165) is 22.2 Å². The number of fused-ring (bicyclic) bond motifs is 1. The van der Waals surface area contributed by atoms with Crippen LogP contribution < -0.4 is 10.1 Å². The summed E-state index contributed by atoms with van der Waals surface area (Å²) in [5.41, 5.74) is 1.49. The van der Waals surface area contributed by atoms with Crippen molar-refractivity contribution in [3.8, 4) is 5.75 Å². The molecule has 4 aromatic rings. The Bertz CT molecular complexity index is 1130. The summed E-state index contributed by atoms with van der Waals surface area (Å²) in [6.45, 7) is 0. The Labute approximate surface area is 163 Å². The molecule has 0 aliphatic heterocycles. The second-order valence-corrected chi connectivity index (χ2v) is 6.57. The molecule has 0 bridgehead atoms. The molecule has 1 aromatic heterocycles. The van der Waals surface area contributed by atoms with Crippen LogP contribution in [0.25, 0.3) is 10.8 Å². The summed E-state index contributed by atoms with van der Waals surface area (Å²) in [7, 11) is 3.54. The maximum absolute atomic E-state index is 13.3. The number of ether oxygens (including phenoxy) is 1. The van der Waals surface area contributed by atoms with Gasteiger partial charge in [0.1, 0.15) is 17.6 Å². The Morgan fingerprint density at radius 2 is 1.79 bits per heavy atom. The number of hydrogen-bond acceptors (Lipinski definition) is 3. The Kier molecular flexibility index (Phi) is 4.81. The summed E-state index contributed by atoms with van der Waals surface area (Å²) in [6.07, 6.45) is 3.59. The molecule has 3 aromatic carbocycles. The molecule has 0 aliphatic rings. The number of rotatable bonds is 5. The number of nitrogens with one attached hydrogen (secondary N) is 1. The van der Waals surface area contributed by atoms with Crippen molar-refractivity contribution >= 4 is 16.7 Å². The molecule has 0 saturated carbocycles. The summed E-state index contributed by atoms with van der Waals surface area (Å²) in [5, 5.41) is 5.10. The number of aryl methyl sites for hydroxylation is 1. The first-order chi connectivity index (χ1) is 13.7. The smallest absolute Gasteiger partial charge is 0.252 e. The number of nitrogens with zero attached hydrogens (tertiary/aromatic N) is 2. The van der Waals surface area contributed by atoms with Crippen LogP contribution in [-0.2, 0) is 7.05 Å². The van der Waals surface area contributed by atoms with Gasteiger partial charge < -0.3 is 14.6 Å². The SMILES string of the molecule is COc1ccccc1C(NC(=O)c1cccc2ccccc12)c1nccn1C. The fraction of sp³-hybridized carbons (Fsp3) is 0.130. The predicted octanol–water partition coefficient (Wildman–Crippen LogP) is 4.10. The van der Waals surface area contributed by atoms with E-state index in [4.69, 9.17) is 4.74 Å². The third kappa shape index (κ3) is 3.22. The molecule has 140 valence electrons. The number of para-hydroxylation sites is 1. The van der Waals surface area contributed by atoms with E-state index in [9.17, 15) is 4.79 Å². The molecule has 1 N–H and O–H groups in total. The summed E-state index contributed by atoms with van der Waals surface area (Å²) >= 11 is 0. The highest BCUT2D eigenvalue weighted by Gasteiger charge is 2.24. The Balaban J connectivity index is 1.78. The van der Waals surface area contributed by atoms with Gasteiger partial charge in [0.25, 0.3) is 5.91 Å². The minimum absolute atomic E-state index is 0.157. The van der Waals surface area contributed by atoms with Crippen molar-refractivity contribution in [2.45, 2.75) is 6.04 Å². The second-order valence-electron chi connectivity index (χ2n) is 6.57. The summed E-state index contributed by atoms with van der Waals surface area (Å²) in [5.74, 6) is 1.28. The van der Waals surface area contributed by atoms with E-state index in [1.165, 1.54) is 0 Å². The van der Waals surface area contributed by atoms with Crippen LogP contribution in [0.2, 0.25) is 0 Å². The van der Waals surface area contributed by atoms with Gasteiger partial charge in [0.05, 0.1) is 7.11 Å². The number of benzene rings is 3. The van der Waals surface area contributed by atoms with Crippen LogP contribution >= 0.6 is 0 Å². The highest BCUT2D eigenvalue weighted by molar-refractivity contribution is 6.07. The molecule has 5 nitrogen and oxygen atoms in total. The van der Waals surface area contributed by atoms with E-state index in [1.54, 1.807) is 13.3 Å². The molecule has 0 spiro atoms. The van der Waals surface area contributed by atoms with Crippen molar-refractivity contribution in [2.75, 3.05) is 7.11 Å². The number of aromatic nitrogens is 2. The third-order valence-electron chi connectivity index (χ3n) is 4.88. The molecular formula is C23H21N3O2. The molecule has 4 rings (SSSR count). The fourth-order valence-electron chi connectivity index (χ4n) is 3.47. The molecular weight excluding hydrogens is 350 g/mol. The van der Waals surface area contributed by atoms with Crippen LogP contribution in [0, 0.1) is 0 Å². The van der Waals surface area contributed by atoms with E-state index >= 15 is 0 Å². The summed E-state index contributed by atoms with van der Waals surface area (Å²) < 4.78 is 7.44. The third-order valence-corrected chi connectivity index (χ3v) is 4.88. The van der Waals surface area contributed by atoms with Gasteiger partial charge in [-0.05, 0) is 22.9 Å². The van der Waals surface area contributed by atoms with Crippen LogP contribution in [-0.4, -0.2) is 22.6 Å². The minimum atomic E-state index is -0.442. The Morgan fingerprint density at radius 1 is 1.04 bits per heavy atom. The van der Waals surface area contributed by atoms with Gasteiger partial charge in [0.2, 0.25) is 0 Å². The van der Waals surface area contributed by atoms with Gasteiger partial charge in [-0.3, -0.25) is 4.79 Å². The summed E-state index contributed by atoms with van der Waals surface area (Å²) in [6, 6.07) is 20.8. The van der Waals surface area contributed by atoms with Crippen LogP contribution in [0.15, 0.2) is 79.1 Å². The van der Waals surface area contributed by atoms with Crippen molar-refractivity contribution in [1.29, 1.82) is 0 Å². The van der Waals surface area contributed by atoms with Crippen molar-refractivity contribution < 1.29 is 9.53 Å². The number of carbonyl (C=O) groups excluding carboxylic acids is 1. The lowest BCUT2D eigenvalue weighted by Gasteiger charge is -2.21. The maximum Gasteiger partial charge on any atom is 0.252 e. The zero-order chi connectivity index (χ0) is 19.5. The van der Waals surface area contributed by atoms with Gasteiger partial charge in [-0.15, -0.1) is 0 Å². The quantitative estimate of drug-likeness (QED) is 0.575. The largest absolute Gasteiger partial charge is 0.496 e. The van der Waals surface area contributed by atoms with Crippen molar-refractivity contribution in [3.63, 3.8) is 0 Å². The zero-order valence-electron chi connectivity index (χ0n) is 15.8. The maximum atomic E-state index is 13.3. The number of amides is 1. The monoisotopic (exact) mass is 371 g/mol. The van der Waals surface area contributed by atoms with Crippen LogP contribution in [0.4, 0.5) is 0 Å². The Morgan fingerprint density at radius 3 is 2.57 bits per heavy atom. The average Bonchev–Trinajstić information content (AvgIpc) is 3.17. The lowest BCUT2D eigenvalue weighted by atomic mass is 10.0. The first-order valence-corrected chi connectivity index (χ1v) is 9.08. The van der Waals surface area contributed by atoms with Gasteiger partial charge in [0, 0.05) is 30.6 Å². The molecule has 0 saturated heterocycles. The van der Waals surface area contributed by atoms with Crippen LogP contribution in [0.5, 0.6) is 5.75 Å². The molecule has 1 atom stereocenters. The number of hydrogen-bond donors (Lipinski definition) is 1. The summed E-state index contributed by atoms with van der Waals surface area (Å²) in [4.78, 5) is 17.7. The lowest BCUT2D eigenvalue weighted by Crippen LogP contribution is -2.31. The zero-order valence-corrected chi connectivity index (χ0v) is 15.8. The molecule has 5 heteroatoms. The average molecular weight is 371 g/mol. The highest BCUT2D eigenvalue weighted by atomic mass is 16.5. The van der Waals surface area contributed by atoms with Gasteiger partial charge >= 0.3 is 0 Å². The number of imidazole rings is 1. The van der Waals surface area contributed by atoms with E-state index in [0.29, 0.717) is 11.3 Å². The van der Waals surface area contributed by atoms with Gasteiger partial charge in [-0.25, -0.2) is 4.98 Å². The Hall–Kier alpha value is -3.60. The molecule has 0 fully saturated rings. The lowest BCUT2D eigenvalue weighted by molar-refractivity contribution is 0.0942. The number of carbonyl (C=O) groups is 1. The number of methoxy groups -OCH3 is 1. The standard InChI is InChI=1S/C23H21N3O2/c1-26-15-14-24-22(26)21(19-11-5-6-13-20(19)28-2)25-23(27)18-12-7-9-16-8-3-4-10-17(16)18/h3-15,21H,1-2H3,(H,25,27). The minimum Gasteiger partial charge on any atom is -0.496 e. The first kappa shape index (κ1) is 17.8. The van der Waals surface area contributed by atoms with Crippen molar-refractivity contribution in [3.05, 3.63) is 96.1 Å². The fourth-order valence-corrected chi connectivity index (χ4v) is 3.47. The molecule has 1 unspecified atom stereocenters. The van der Waals surface area contributed by atoms with E-state index in [-0.39, 0.29) is 5.91 Å². The van der Waals surface area contributed by atoms with E-state index in [2.05, 4.69) is 10.3 Å². The van der Waals surface area contributed by atoms with Crippen LogP contribution in [0.3, 0.4) is 0 Å². The van der Waals surface area contributed by atoms with Crippen LogP contribution in [0.1, 0.15) is 27.8 Å². The second kappa shape index (κ2) is 7.56. The van der Waals surface area contributed by atoms with Crippen molar-refractivity contribution in [1.82, 2.24) is 14.9 Å². The molecule has 0 aliphatic carbocycles. The molecule has 28 heavy (non-hydrogen) atoms. The first-order valence-electron chi connectivity index (χ1n) is 9.08. The molecule has 0 radical (unpaired) electrons. The van der Waals surface area contributed by atoms with Crippen molar-refractivity contribution in [2.24, 2.45) is 7.05 Å². The normalized spacial score (nSPS) is 11.9. The highest BCUT2D eigenvalue weighted by Crippen LogP contribution is 2.30. The molecule has 1 amide bonds. The van der Waals surface area contributed by atoms with Gasteiger partial charge in [-0.2, -0.15) is 0 Å². The molecule has 1 heterocycles.